The summed E-state index contributed by atoms with van der Waals surface area (Å²) in [5.74, 6) is 0.763. The molecule has 1 spiro atoms. The lowest BCUT2D eigenvalue weighted by Crippen LogP contribution is -1.97. The predicted molar refractivity (Wildman–Crippen MR) is 100 cm³/mol. The Kier molecular flexibility index (Phi) is 2.64. The molecule has 26 heavy (non-hydrogen) atoms. The van der Waals surface area contributed by atoms with E-state index in [0.717, 1.165) is 22.9 Å². The average Bonchev–Trinajstić information content (AvgIpc) is 3.49. The number of hydrogen-bond acceptors (Lipinski definition) is 3. The van der Waals surface area contributed by atoms with Crippen LogP contribution in [0.3, 0.4) is 0 Å². The van der Waals surface area contributed by atoms with Gasteiger partial charge in [-0.3, -0.25) is 9.67 Å². The van der Waals surface area contributed by atoms with E-state index in [2.05, 4.69) is 39.4 Å². The van der Waals surface area contributed by atoms with Crippen LogP contribution in [-0.2, 0) is 7.05 Å². The van der Waals surface area contributed by atoms with Crippen LogP contribution >= 0.6 is 0 Å². The van der Waals surface area contributed by atoms with E-state index in [1.165, 1.54) is 35.7 Å². The van der Waals surface area contributed by atoms with Crippen LogP contribution in [0.5, 0.6) is 0 Å². The number of fused-ring (bicyclic) bond motifs is 1. The molecule has 1 unspecified atom stereocenters. The SMILES string of the molecule is Cn1cc(-c2cc(-n3ncc4ccc(C5CC56CC6)cc43)ccn2)cn1. The summed E-state index contributed by atoms with van der Waals surface area (Å²) >= 11 is 0. The van der Waals surface area contributed by atoms with E-state index < -0.39 is 0 Å². The molecule has 3 heterocycles. The first-order valence-electron chi connectivity index (χ1n) is 9.15. The van der Waals surface area contributed by atoms with Gasteiger partial charge < -0.3 is 0 Å². The third kappa shape index (κ3) is 2.06. The number of rotatable bonds is 3. The molecule has 0 N–H and O–H groups in total. The van der Waals surface area contributed by atoms with Crippen molar-refractivity contribution in [2.45, 2.75) is 25.2 Å². The highest BCUT2D eigenvalue weighted by Crippen LogP contribution is 2.75. The molecule has 2 saturated carbocycles. The van der Waals surface area contributed by atoms with Crippen LogP contribution in [0.4, 0.5) is 0 Å². The molecule has 5 nitrogen and oxygen atoms in total. The maximum atomic E-state index is 4.65. The van der Waals surface area contributed by atoms with Crippen LogP contribution in [0, 0.1) is 5.41 Å². The van der Waals surface area contributed by atoms with Crippen molar-refractivity contribution in [3.05, 3.63) is 60.7 Å². The summed E-state index contributed by atoms with van der Waals surface area (Å²) in [4.78, 5) is 4.50. The molecule has 2 fully saturated rings. The van der Waals surface area contributed by atoms with Crippen LogP contribution in [-0.4, -0.2) is 24.5 Å². The summed E-state index contributed by atoms with van der Waals surface area (Å²) < 4.78 is 3.82. The molecule has 2 aliphatic rings. The molecule has 3 aromatic heterocycles. The second-order valence-electron chi connectivity index (χ2n) is 7.80. The lowest BCUT2D eigenvalue weighted by molar-refractivity contribution is 0.768. The van der Waals surface area contributed by atoms with Gasteiger partial charge in [0.05, 0.1) is 29.3 Å². The van der Waals surface area contributed by atoms with E-state index in [-0.39, 0.29) is 0 Å². The van der Waals surface area contributed by atoms with Gasteiger partial charge in [0, 0.05) is 30.4 Å². The van der Waals surface area contributed by atoms with Gasteiger partial charge in [0.25, 0.3) is 0 Å². The normalized spacial score (nSPS) is 20.0. The van der Waals surface area contributed by atoms with E-state index in [1.807, 2.05) is 42.6 Å². The fraction of sp³-hybridized carbons (Fsp3) is 0.286. The van der Waals surface area contributed by atoms with Crippen LogP contribution in [0.25, 0.3) is 27.8 Å². The van der Waals surface area contributed by atoms with Crippen LogP contribution < -0.4 is 0 Å². The van der Waals surface area contributed by atoms with Gasteiger partial charge in [0.15, 0.2) is 0 Å². The smallest absolute Gasteiger partial charge is 0.0754 e. The standard InChI is InChI=1S/C21H19N5/c1-25-13-16(12-23-25)19-9-17(4-7-22-19)26-20-8-14(2-3-15(20)11-24-26)18-10-21(18)5-6-21/h2-4,7-9,11-13,18H,5-6,10H2,1H3. The fourth-order valence-electron chi connectivity index (χ4n) is 4.25. The molecule has 1 atom stereocenters. The number of benzene rings is 1. The number of hydrogen-bond donors (Lipinski definition) is 0. The summed E-state index contributed by atoms with van der Waals surface area (Å²) in [5.41, 5.74) is 6.27. The third-order valence-electron chi connectivity index (χ3n) is 6.07. The Morgan fingerprint density at radius 3 is 2.77 bits per heavy atom. The van der Waals surface area contributed by atoms with Crippen LogP contribution in [0.15, 0.2) is 55.1 Å². The molecule has 0 aliphatic heterocycles. The maximum Gasteiger partial charge on any atom is 0.0754 e. The largest absolute Gasteiger partial charge is 0.275 e. The van der Waals surface area contributed by atoms with E-state index >= 15 is 0 Å². The van der Waals surface area contributed by atoms with Crippen molar-refractivity contribution in [2.75, 3.05) is 0 Å². The Morgan fingerprint density at radius 2 is 2.00 bits per heavy atom. The third-order valence-corrected chi connectivity index (χ3v) is 6.07. The summed E-state index contributed by atoms with van der Waals surface area (Å²) in [6.07, 6.45) is 11.8. The van der Waals surface area contributed by atoms with E-state index in [0.29, 0.717) is 5.41 Å². The van der Waals surface area contributed by atoms with E-state index in [1.54, 1.807) is 4.68 Å². The van der Waals surface area contributed by atoms with Crippen molar-refractivity contribution in [3.63, 3.8) is 0 Å². The van der Waals surface area contributed by atoms with Crippen molar-refractivity contribution in [2.24, 2.45) is 12.5 Å². The Labute approximate surface area is 151 Å². The van der Waals surface area contributed by atoms with Crippen LogP contribution in [0.2, 0.25) is 0 Å². The van der Waals surface area contributed by atoms with Gasteiger partial charge in [-0.2, -0.15) is 10.2 Å². The first kappa shape index (κ1) is 14.2. The van der Waals surface area contributed by atoms with Gasteiger partial charge in [-0.25, -0.2) is 4.68 Å². The van der Waals surface area contributed by atoms with Gasteiger partial charge in [-0.1, -0.05) is 12.1 Å². The summed E-state index contributed by atoms with van der Waals surface area (Å²) in [7, 11) is 1.92. The van der Waals surface area contributed by atoms with Gasteiger partial charge >= 0.3 is 0 Å². The molecule has 0 radical (unpaired) electrons. The van der Waals surface area contributed by atoms with Gasteiger partial charge in [0.2, 0.25) is 0 Å². The van der Waals surface area contributed by atoms with Crippen LogP contribution in [0.1, 0.15) is 30.7 Å². The van der Waals surface area contributed by atoms with Crippen molar-refractivity contribution in [3.8, 4) is 16.9 Å². The second-order valence-corrected chi connectivity index (χ2v) is 7.80. The first-order valence-corrected chi connectivity index (χ1v) is 9.15. The fourth-order valence-corrected chi connectivity index (χ4v) is 4.25. The minimum atomic E-state index is 0.669. The molecule has 6 rings (SSSR count). The zero-order valence-corrected chi connectivity index (χ0v) is 14.6. The number of pyridine rings is 1. The minimum Gasteiger partial charge on any atom is -0.275 e. The van der Waals surface area contributed by atoms with Crippen molar-refractivity contribution in [1.29, 1.82) is 0 Å². The topological polar surface area (TPSA) is 48.5 Å². The molecule has 0 bridgehead atoms. The number of nitrogens with zero attached hydrogens (tertiary/aromatic N) is 5. The summed E-state index contributed by atoms with van der Waals surface area (Å²) in [6, 6.07) is 10.9. The molecular weight excluding hydrogens is 322 g/mol. The molecular formula is C21H19N5. The molecule has 1 aromatic carbocycles. The number of aryl methyl sites for hydroxylation is 1. The molecule has 5 heteroatoms. The Morgan fingerprint density at radius 1 is 1.08 bits per heavy atom. The summed E-state index contributed by atoms with van der Waals surface area (Å²) in [6.45, 7) is 0. The Hall–Kier alpha value is -2.95. The van der Waals surface area contributed by atoms with E-state index in [9.17, 15) is 0 Å². The maximum absolute atomic E-state index is 4.65. The number of aromatic nitrogens is 5. The molecule has 0 amide bonds. The Balaban J connectivity index is 1.44. The van der Waals surface area contributed by atoms with Crippen molar-refractivity contribution < 1.29 is 0 Å². The van der Waals surface area contributed by atoms with Crippen molar-refractivity contribution >= 4 is 10.9 Å². The second kappa shape index (κ2) is 4.81. The van der Waals surface area contributed by atoms with Gasteiger partial charge in [-0.15, -0.1) is 0 Å². The van der Waals surface area contributed by atoms with E-state index in [4.69, 9.17) is 0 Å². The lowest BCUT2D eigenvalue weighted by atomic mass is 10.1. The Bertz CT molecular complexity index is 1150. The first-order chi connectivity index (χ1) is 12.7. The highest BCUT2D eigenvalue weighted by atomic mass is 15.3. The molecule has 0 saturated heterocycles. The zero-order chi connectivity index (χ0) is 17.3. The van der Waals surface area contributed by atoms with Gasteiger partial charge in [0.1, 0.15) is 0 Å². The molecule has 4 aromatic rings. The summed E-state index contributed by atoms with van der Waals surface area (Å²) in [5, 5.41) is 10.1. The quantitative estimate of drug-likeness (QED) is 0.564. The molecule has 128 valence electrons. The highest BCUT2D eigenvalue weighted by Gasteiger charge is 2.62. The predicted octanol–water partition coefficient (Wildman–Crippen LogP) is 4.09. The lowest BCUT2D eigenvalue weighted by Gasteiger charge is -2.07. The zero-order valence-electron chi connectivity index (χ0n) is 14.6. The minimum absolute atomic E-state index is 0.669. The molecule has 2 aliphatic carbocycles. The van der Waals surface area contributed by atoms with Gasteiger partial charge in [-0.05, 0) is 54.4 Å². The highest BCUT2D eigenvalue weighted by molar-refractivity contribution is 5.81. The monoisotopic (exact) mass is 341 g/mol. The van der Waals surface area contributed by atoms with Crippen molar-refractivity contribution in [1.82, 2.24) is 24.5 Å². The average molecular weight is 341 g/mol.